The highest BCUT2D eigenvalue weighted by Gasteiger charge is 2.30. The number of benzene rings is 1. The number of hydrogen-bond acceptors (Lipinski definition) is 4. The fourth-order valence-corrected chi connectivity index (χ4v) is 4.28. The predicted molar refractivity (Wildman–Crippen MR) is 94.8 cm³/mol. The fraction of sp³-hybridized carbons (Fsp3) is 0.333. The number of nitrogens with zero attached hydrogens (tertiary/aromatic N) is 1. The van der Waals surface area contributed by atoms with Crippen molar-refractivity contribution in [1.82, 2.24) is 9.55 Å². The van der Waals surface area contributed by atoms with Gasteiger partial charge in [-0.1, -0.05) is 30.3 Å². The molecule has 0 unspecified atom stereocenters. The molecule has 1 aliphatic rings. The summed E-state index contributed by atoms with van der Waals surface area (Å²) in [4.78, 5) is 30.0. The Balaban J connectivity index is 1.91. The first-order valence-electron chi connectivity index (χ1n) is 7.90. The van der Waals surface area contributed by atoms with E-state index < -0.39 is 0 Å². The molecule has 0 atom stereocenters. The van der Waals surface area contributed by atoms with E-state index in [4.69, 9.17) is 4.74 Å². The van der Waals surface area contributed by atoms with Crippen molar-refractivity contribution >= 4 is 21.6 Å². The number of fused-ring (bicyclic) bond motifs is 3. The molecule has 0 radical (unpaired) electrons. The zero-order valence-corrected chi connectivity index (χ0v) is 14.4. The van der Waals surface area contributed by atoms with E-state index in [9.17, 15) is 9.59 Å². The lowest BCUT2D eigenvalue weighted by molar-refractivity contribution is -0.0379. The van der Waals surface area contributed by atoms with Crippen LogP contribution in [0.3, 0.4) is 0 Å². The number of hydrogen-bond donors (Lipinski definition) is 1. The molecule has 1 N–H and O–H groups in total. The first-order chi connectivity index (χ1) is 11.4. The maximum absolute atomic E-state index is 13.0. The van der Waals surface area contributed by atoms with Crippen molar-refractivity contribution in [2.45, 2.75) is 39.0 Å². The summed E-state index contributed by atoms with van der Waals surface area (Å²) < 4.78 is 7.11. The number of H-pyrrole nitrogens is 1. The fourth-order valence-electron chi connectivity index (χ4n) is 3.17. The summed E-state index contributed by atoms with van der Waals surface area (Å²) in [5, 5.41) is 0.641. The van der Waals surface area contributed by atoms with E-state index in [1.165, 1.54) is 15.9 Å². The maximum atomic E-state index is 13.0. The van der Waals surface area contributed by atoms with Crippen molar-refractivity contribution in [3.63, 3.8) is 0 Å². The van der Waals surface area contributed by atoms with E-state index in [0.717, 1.165) is 16.0 Å². The van der Waals surface area contributed by atoms with Gasteiger partial charge in [0.1, 0.15) is 4.83 Å². The number of nitrogens with one attached hydrogen (secondary N) is 1. The van der Waals surface area contributed by atoms with Crippen molar-refractivity contribution in [2.24, 2.45) is 0 Å². The van der Waals surface area contributed by atoms with Crippen LogP contribution < -0.4 is 11.2 Å². The van der Waals surface area contributed by atoms with Gasteiger partial charge in [0.25, 0.3) is 5.56 Å². The SMILES string of the molecule is CC1(C)Cc2c(sc3[nH]c(=O)n(Cc4ccccc4)c(=O)c23)CO1. The molecule has 1 aromatic carbocycles. The number of aromatic amines is 1. The molecule has 1 aliphatic heterocycles. The molecule has 3 heterocycles. The lowest BCUT2D eigenvalue weighted by Gasteiger charge is -2.29. The second kappa shape index (κ2) is 5.43. The summed E-state index contributed by atoms with van der Waals surface area (Å²) in [5.74, 6) is 0. The third-order valence-corrected chi connectivity index (χ3v) is 5.52. The Kier molecular flexibility index (Phi) is 3.47. The molecule has 2 aromatic heterocycles. The Hall–Kier alpha value is -2.18. The second-order valence-electron chi connectivity index (χ2n) is 6.74. The molecule has 0 amide bonds. The third kappa shape index (κ3) is 2.52. The van der Waals surface area contributed by atoms with Crippen LogP contribution in [0, 0.1) is 0 Å². The van der Waals surface area contributed by atoms with Gasteiger partial charge in [0.2, 0.25) is 0 Å². The third-order valence-electron chi connectivity index (χ3n) is 4.40. The molecule has 4 rings (SSSR count). The van der Waals surface area contributed by atoms with Crippen molar-refractivity contribution in [3.8, 4) is 0 Å². The van der Waals surface area contributed by atoms with Crippen LogP contribution in [0.2, 0.25) is 0 Å². The maximum Gasteiger partial charge on any atom is 0.329 e. The van der Waals surface area contributed by atoms with Gasteiger partial charge in [-0.05, 0) is 25.0 Å². The van der Waals surface area contributed by atoms with Gasteiger partial charge in [-0.3, -0.25) is 14.3 Å². The van der Waals surface area contributed by atoms with Crippen LogP contribution in [0.5, 0.6) is 0 Å². The van der Waals surface area contributed by atoms with Gasteiger partial charge in [-0.25, -0.2) is 4.79 Å². The van der Waals surface area contributed by atoms with Crippen LogP contribution >= 0.6 is 11.3 Å². The van der Waals surface area contributed by atoms with E-state index in [-0.39, 0.29) is 23.4 Å². The Labute approximate surface area is 142 Å². The van der Waals surface area contributed by atoms with E-state index in [1.807, 2.05) is 44.2 Å². The molecular formula is C18H18N2O3S. The van der Waals surface area contributed by atoms with Crippen LogP contribution in [-0.2, 0) is 24.3 Å². The van der Waals surface area contributed by atoms with Gasteiger partial charge < -0.3 is 4.74 Å². The molecule has 0 saturated heterocycles. The first kappa shape index (κ1) is 15.4. The molecular weight excluding hydrogens is 324 g/mol. The van der Waals surface area contributed by atoms with Crippen molar-refractivity contribution in [2.75, 3.05) is 0 Å². The van der Waals surface area contributed by atoms with Gasteiger partial charge >= 0.3 is 5.69 Å². The van der Waals surface area contributed by atoms with Crippen LogP contribution in [0.1, 0.15) is 29.9 Å². The molecule has 24 heavy (non-hydrogen) atoms. The van der Waals surface area contributed by atoms with Crippen LogP contribution in [0.4, 0.5) is 0 Å². The summed E-state index contributed by atoms with van der Waals surface area (Å²) in [5.41, 5.74) is 1.07. The molecule has 0 aliphatic carbocycles. The zero-order valence-electron chi connectivity index (χ0n) is 13.6. The summed E-state index contributed by atoms with van der Waals surface area (Å²) in [6.45, 7) is 4.80. The molecule has 0 fully saturated rings. The van der Waals surface area contributed by atoms with Crippen molar-refractivity contribution in [3.05, 3.63) is 67.2 Å². The van der Waals surface area contributed by atoms with Crippen LogP contribution in [0.15, 0.2) is 39.9 Å². The Morgan fingerprint density at radius 3 is 2.75 bits per heavy atom. The lowest BCUT2D eigenvalue weighted by atomic mass is 9.94. The summed E-state index contributed by atoms with van der Waals surface area (Å²) in [7, 11) is 0. The van der Waals surface area contributed by atoms with Gasteiger partial charge in [-0.2, -0.15) is 0 Å². The normalized spacial score (nSPS) is 16.2. The summed E-state index contributed by atoms with van der Waals surface area (Å²) in [6.07, 6.45) is 0.676. The van der Waals surface area contributed by atoms with Gasteiger partial charge in [-0.15, -0.1) is 11.3 Å². The average Bonchev–Trinajstić information content (AvgIpc) is 2.88. The minimum atomic E-state index is -0.366. The highest BCUT2D eigenvalue weighted by atomic mass is 32.1. The summed E-state index contributed by atoms with van der Waals surface area (Å²) >= 11 is 1.45. The van der Waals surface area contributed by atoms with Gasteiger partial charge in [0.15, 0.2) is 0 Å². The Bertz CT molecular complexity index is 1030. The zero-order chi connectivity index (χ0) is 16.9. The quantitative estimate of drug-likeness (QED) is 0.779. The van der Waals surface area contributed by atoms with E-state index in [1.54, 1.807) is 0 Å². The van der Waals surface area contributed by atoms with Crippen molar-refractivity contribution in [1.29, 1.82) is 0 Å². The number of aromatic nitrogens is 2. The molecule has 0 saturated carbocycles. The lowest BCUT2D eigenvalue weighted by Crippen LogP contribution is -2.36. The minimum absolute atomic E-state index is 0.215. The van der Waals surface area contributed by atoms with E-state index in [2.05, 4.69) is 4.98 Å². The Morgan fingerprint density at radius 2 is 2.00 bits per heavy atom. The summed E-state index contributed by atoms with van der Waals surface area (Å²) in [6, 6.07) is 9.54. The number of rotatable bonds is 2. The first-order valence-corrected chi connectivity index (χ1v) is 8.71. The molecule has 124 valence electrons. The van der Waals surface area contributed by atoms with Crippen LogP contribution in [-0.4, -0.2) is 15.2 Å². The monoisotopic (exact) mass is 342 g/mol. The van der Waals surface area contributed by atoms with Gasteiger partial charge in [0.05, 0.1) is 24.1 Å². The smallest absolute Gasteiger partial charge is 0.329 e. The molecule has 6 heteroatoms. The van der Waals surface area contributed by atoms with E-state index in [0.29, 0.717) is 23.2 Å². The highest BCUT2D eigenvalue weighted by Crippen LogP contribution is 2.36. The molecule has 3 aromatic rings. The highest BCUT2D eigenvalue weighted by molar-refractivity contribution is 7.18. The predicted octanol–water partition coefficient (Wildman–Crippen LogP) is 2.65. The number of thiophene rings is 1. The topological polar surface area (TPSA) is 64.1 Å². The van der Waals surface area contributed by atoms with Crippen LogP contribution in [0.25, 0.3) is 10.2 Å². The second-order valence-corrected chi connectivity index (χ2v) is 7.85. The standard InChI is InChI=1S/C18H18N2O3S/c1-18(2)8-12-13(10-23-18)24-15-14(12)16(21)20(17(22)19-15)9-11-6-4-3-5-7-11/h3-7H,8-10H2,1-2H3,(H,19,22). The Morgan fingerprint density at radius 1 is 1.25 bits per heavy atom. The molecule has 5 nitrogen and oxygen atoms in total. The number of ether oxygens (including phenoxy) is 1. The van der Waals surface area contributed by atoms with Crippen molar-refractivity contribution < 1.29 is 4.74 Å². The largest absolute Gasteiger partial charge is 0.370 e. The molecule has 0 bridgehead atoms. The molecule has 0 spiro atoms. The van der Waals surface area contributed by atoms with E-state index >= 15 is 0 Å². The minimum Gasteiger partial charge on any atom is -0.370 e. The van der Waals surface area contributed by atoms with Gasteiger partial charge in [0, 0.05) is 11.3 Å². The average molecular weight is 342 g/mol.